The molecule has 0 saturated carbocycles. The van der Waals surface area contributed by atoms with Crippen LogP contribution in [0.25, 0.3) is 0 Å². The molecule has 2 saturated heterocycles. The third-order valence-corrected chi connectivity index (χ3v) is 5.15. The molecule has 0 amide bonds. The van der Waals surface area contributed by atoms with Crippen LogP contribution in [-0.4, -0.2) is 62.5 Å². The van der Waals surface area contributed by atoms with Gasteiger partial charge in [-0.3, -0.25) is 4.99 Å². The van der Waals surface area contributed by atoms with Gasteiger partial charge in [0.2, 0.25) is 0 Å². The molecule has 6 heteroatoms. The molecule has 25 heavy (non-hydrogen) atoms. The lowest BCUT2D eigenvalue weighted by atomic mass is 9.87. The minimum Gasteiger partial charge on any atom is -0.497 e. The monoisotopic (exact) mass is 347 g/mol. The van der Waals surface area contributed by atoms with E-state index in [1.165, 1.54) is 0 Å². The molecule has 2 aliphatic heterocycles. The molecular weight excluding hydrogens is 318 g/mol. The highest BCUT2D eigenvalue weighted by atomic mass is 16.5. The Kier molecular flexibility index (Phi) is 5.81. The zero-order chi connectivity index (χ0) is 17.7. The largest absolute Gasteiger partial charge is 0.497 e. The van der Waals surface area contributed by atoms with Crippen molar-refractivity contribution >= 4 is 5.96 Å². The van der Waals surface area contributed by atoms with Gasteiger partial charge in [0, 0.05) is 31.7 Å². The molecule has 3 rings (SSSR count). The number of hydrogen-bond donors (Lipinski definition) is 2. The van der Waals surface area contributed by atoms with Crippen molar-refractivity contribution in [1.29, 1.82) is 0 Å². The van der Waals surface area contributed by atoms with E-state index in [0.717, 1.165) is 63.0 Å². The third-order valence-electron chi connectivity index (χ3n) is 5.15. The average molecular weight is 347 g/mol. The predicted molar refractivity (Wildman–Crippen MR) is 98.0 cm³/mol. The first-order chi connectivity index (χ1) is 12.2. The first-order valence-electron chi connectivity index (χ1n) is 9.09. The Balaban J connectivity index is 1.65. The van der Waals surface area contributed by atoms with Crippen molar-refractivity contribution in [1.82, 2.24) is 10.2 Å². The number of nitrogens with one attached hydrogen (secondary N) is 1. The highest BCUT2D eigenvalue weighted by molar-refractivity contribution is 5.80. The second kappa shape index (κ2) is 8.06. The summed E-state index contributed by atoms with van der Waals surface area (Å²) in [6.45, 7) is 6.91. The van der Waals surface area contributed by atoms with Gasteiger partial charge in [0.1, 0.15) is 5.75 Å². The molecule has 1 aromatic rings. The van der Waals surface area contributed by atoms with Gasteiger partial charge >= 0.3 is 0 Å². The first kappa shape index (κ1) is 18.0. The Hall–Kier alpha value is -1.79. The lowest BCUT2D eigenvalue weighted by Gasteiger charge is -2.25. The minimum absolute atomic E-state index is 0.293. The number of rotatable bonds is 5. The molecule has 0 radical (unpaired) electrons. The van der Waals surface area contributed by atoms with Gasteiger partial charge in [-0.2, -0.15) is 0 Å². The highest BCUT2D eigenvalue weighted by Crippen LogP contribution is 2.38. The summed E-state index contributed by atoms with van der Waals surface area (Å²) in [6.07, 6.45) is 1.64. The van der Waals surface area contributed by atoms with E-state index in [1.807, 2.05) is 24.3 Å². The quantitative estimate of drug-likeness (QED) is 0.628. The molecule has 2 fully saturated rings. The number of nitrogens with zero attached hydrogens (tertiary/aromatic N) is 2. The van der Waals surface area contributed by atoms with Crippen molar-refractivity contribution in [2.45, 2.75) is 25.9 Å². The number of aliphatic imine (C=N–C) groups is 1. The van der Waals surface area contributed by atoms with Gasteiger partial charge in [-0.25, -0.2) is 0 Å². The van der Waals surface area contributed by atoms with Crippen LogP contribution in [0.1, 0.15) is 31.4 Å². The van der Waals surface area contributed by atoms with Crippen LogP contribution >= 0.6 is 0 Å². The van der Waals surface area contributed by atoms with Gasteiger partial charge in [-0.15, -0.1) is 0 Å². The molecule has 2 heterocycles. The molecule has 2 unspecified atom stereocenters. The maximum atomic E-state index is 10.5. The van der Waals surface area contributed by atoms with Crippen LogP contribution in [-0.2, 0) is 4.74 Å². The van der Waals surface area contributed by atoms with Crippen LogP contribution < -0.4 is 10.1 Å². The van der Waals surface area contributed by atoms with E-state index in [2.05, 4.69) is 22.1 Å². The Morgan fingerprint density at radius 3 is 3.08 bits per heavy atom. The van der Waals surface area contributed by atoms with Crippen molar-refractivity contribution in [2.75, 3.05) is 46.5 Å². The summed E-state index contributed by atoms with van der Waals surface area (Å²) < 4.78 is 10.8. The number of benzene rings is 1. The number of ether oxygens (including phenoxy) is 2. The van der Waals surface area contributed by atoms with Crippen molar-refractivity contribution in [2.24, 2.45) is 10.4 Å². The predicted octanol–water partition coefficient (Wildman–Crippen LogP) is 1.81. The average Bonchev–Trinajstić information content (AvgIpc) is 3.28. The zero-order valence-corrected chi connectivity index (χ0v) is 15.2. The summed E-state index contributed by atoms with van der Waals surface area (Å²) in [5.74, 6) is 1.63. The standard InChI is InChI=1S/C19H29N3O3/c1-3-20-18(22-9-7-19(13-22)8-10-25-14-19)21-12-17(23)15-5-4-6-16(11-15)24-2/h4-6,11,17,23H,3,7-10,12-14H2,1-2H3,(H,20,21). The number of hydrogen-bond acceptors (Lipinski definition) is 4. The lowest BCUT2D eigenvalue weighted by Crippen LogP contribution is -2.41. The Bertz CT molecular complexity index is 599. The number of methoxy groups -OCH3 is 1. The molecule has 1 aromatic carbocycles. The number of guanidine groups is 1. The van der Waals surface area contributed by atoms with E-state index in [0.29, 0.717) is 12.0 Å². The van der Waals surface area contributed by atoms with E-state index < -0.39 is 6.10 Å². The van der Waals surface area contributed by atoms with Crippen LogP contribution in [0.4, 0.5) is 0 Å². The lowest BCUT2D eigenvalue weighted by molar-refractivity contribution is 0.156. The van der Waals surface area contributed by atoms with Crippen LogP contribution in [0.2, 0.25) is 0 Å². The van der Waals surface area contributed by atoms with Crippen LogP contribution in [0.15, 0.2) is 29.3 Å². The summed E-state index contributed by atoms with van der Waals surface area (Å²) in [6, 6.07) is 7.51. The summed E-state index contributed by atoms with van der Waals surface area (Å²) in [4.78, 5) is 6.98. The van der Waals surface area contributed by atoms with Crippen LogP contribution in [0.3, 0.4) is 0 Å². The van der Waals surface area contributed by atoms with E-state index in [9.17, 15) is 5.11 Å². The fourth-order valence-corrected chi connectivity index (χ4v) is 3.64. The molecule has 1 spiro atoms. The molecule has 0 aromatic heterocycles. The Labute approximate surface area is 149 Å². The number of aliphatic hydroxyl groups excluding tert-OH is 1. The topological polar surface area (TPSA) is 66.3 Å². The smallest absolute Gasteiger partial charge is 0.194 e. The van der Waals surface area contributed by atoms with Gasteiger partial charge < -0.3 is 24.8 Å². The molecule has 6 nitrogen and oxygen atoms in total. The molecular formula is C19H29N3O3. The van der Waals surface area contributed by atoms with E-state index in [1.54, 1.807) is 7.11 Å². The second-order valence-electron chi connectivity index (χ2n) is 6.96. The summed E-state index contributed by atoms with van der Waals surface area (Å²) >= 11 is 0. The minimum atomic E-state index is -0.643. The van der Waals surface area contributed by atoms with E-state index >= 15 is 0 Å². The van der Waals surface area contributed by atoms with E-state index in [-0.39, 0.29) is 0 Å². The van der Waals surface area contributed by atoms with Gasteiger partial charge in [0.05, 0.1) is 26.4 Å². The van der Waals surface area contributed by atoms with Gasteiger partial charge in [0.25, 0.3) is 0 Å². The van der Waals surface area contributed by atoms with Crippen molar-refractivity contribution < 1.29 is 14.6 Å². The molecule has 2 aliphatic rings. The Morgan fingerprint density at radius 1 is 1.48 bits per heavy atom. The summed E-state index contributed by atoms with van der Waals surface area (Å²) in [5, 5.41) is 13.8. The van der Waals surface area contributed by atoms with E-state index in [4.69, 9.17) is 9.47 Å². The van der Waals surface area contributed by atoms with Crippen molar-refractivity contribution in [3.63, 3.8) is 0 Å². The summed E-state index contributed by atoms with van der Waals surface area (Å²) in [7, 11) is 1.63. The maximum absolute atomic E-state index is 10.5. The third kappa shape index (κ3) is 4.25. The molecule has 2 atom stereocenters. The van der Waals surface area contributed by atoms with Gasteiger partial charge in [-0.1, -0.05) is 12.1 Å². The zero-order valence-electron chi connectivity index (χ0n) is 15.2. The Morgan fingerprint density at radius 2 is 2.36 bits per heavy atom. The van der Waals surface area contributed by atoms with Crippen LogP contribution in [0, 0.1) is 5.41 Å². The van der Waals surface area contributed by atoms with Gasteiger partial charge in [-0.05, 0) is 37.5 Å². The summed E-state index contributed by atoms with van der Waals surface area (Å²) in [5.41, 5.74) is 1.11. The SMILES string of the molecule is CCNC(=NCC(O)c1cccc(OC)c1)N1CCC2(CCOC2)C1. The molecule has 0 aliphatic carbocycles. The van der Waals surface area contributed by atoms with Crippen molar-refractivity contribution in [3.8, 4) is 5.75 Å². The maximum Gasteiger partial charge on any atom is 0.194 e. The fourth-order valence-electron chi connectivity index (χ4n) is 3.64. The van der Waals surface area contributed by atoms with Crippen molar-refractivity contribution in [3.05, 3.63) is 29.8 Å². The first-order valence-corrected chi connectivity index (χ1v) is 9.09. The fraction of sp³-hybridized carbons (Fsp3) is 0.632. The van der Waals surface area contributed by atoms with Crippen LogP contribution in [0.5, 0.6) is 5.75 Å². The number of likely N-dealkylation sites (tertiary alicyclic amines) is 1. The van der Waals surface area contributed by atoms with Gasteiger partial charge in [0.15, 0.2) is 5.96 Å². The normalized spacial score (nSPS) is 24.8. The molecule has 138 valence electrons. The second-order valence-corrected chi connectivity index (χ2v) is 6.96. The highest BCUT2D eigenvalue weighted by Gasteiger charge is 2.42. The number of aliphatic hydroxyl groups is 1. The molecule has 2 N–H and O–H groups in total. The molecule has 0 bridgehead atoms.